The van der Waals surface area contributed by atoms with Gasteiger partial charge in [-0.25, -0.2) is 0 Å². The lowest BCUT2D eigenvalue weighted by atomic mass is 10.1. The molecule has 0 aliphatic carbocycles. The van der Waals surface area contributed by atoms with Crippen molar-refractivity contribution in [3.05, 3.63) is 35.0 Å². The third kappa shape index (κ3) is 2.78. The smallest absolute Gasteiger partial charge is 0.289 e. The molecule has 2 unspecified atom stereocenters. The minimum atomic E-state index is -0.409. The van der Waals surface area contributed by atoms with Crippen LogP contribution < -0.4 is 0 Å². The van der Waals surface area contributed by atoms with Crippen LogP contribution in [0.15, 0.2) is 28.7 Å². The van der Waals surface area contributed by atoms with Crippen molar-refractivity contribution in [1.82, 2.24) is 4.90 Å². The Bertz CT molecular complexity index is 665. The van der Waals surface area contributed by atoms with Crippen LogP contribution >= 0.6 is 11.6 Å². The van der Waals surface area contributed by atoms with Crippen molar-refractivity contribution in [3.8, 4) is 0 Å². The molecule has 2 atom stereocenters. The van der Waals surface area contributed by atoms with Crippen molar-refractivity contribution in [2.45, 2.75) is 38.3 Å². The molecular weight excluding hydrogens is 290 g/mol. The molecule has 1 aromatic heterocycles. The van der Waals surface area contributed by atoms with Gasteiger partial charge in [-0.1, -0.05) is 23.7 Å². The maximum absolute atomic E-state index is 12.6. The van der Waals surface area contributed by atoms with Gasteiger partial charge in [0.25, 0.3) is 5.91 Å². The second-order valence-corrected chi connectivity index (χ2v) is 6.06. The Kier molecular flexibility index (Phi) is 3.91. The fraction of sp³-hybridized carbons (Fsp3) is 0.438. The molecule has 2 heterocycles. The van der Waals surface area contributed by atoms with E-state index in [1.807, 2.05) is 12.1 Å². The molecule has 0 radical (unpaired) electrons. The van der Waals surface area contributed by atoms with Gasteiger partial charge >= 0.3 is 0 Å². The first-order valence-corrected chi connectivity index (χ1v) is 7.61. The van der Waals surface area contributed by atoms with Crippen LogP contribution in [0.5, 0.6) is 0 Å². The number of carbonyl (C=O) groups is 1. The number of amides is 1. The first-order chi connectivity index (χ1) is 10.1. The summed E-state index contributed by atoms with van der Waals surface area (Å²) in [5.41, 5.74) is 0.550. The fourth-order valence-corrected chi connectivity index (χ4v) is 3.24. The Morgan fingerprint density at radius 3 is 3.10 bits per heavy atom. The van der Waals surface area contributed by atoms with Crippen LogP contribution in [0.2, 0.25) is 5.02 Å². The van der Waals surface area contributed by atoms with E-state index in [1.165, 1.54) is 0 Å². The minimum Gasteiger partial charge on any atom is -0.449 e. The largest absolute Gasteiger partial charge is 0.449 e. The molecular formula is C16H18ClNO3. The van der Waals surface area contributed by atoms with Crippen LogP contribution in [0, 0.1) is 0 Å². The summed E-state index contributed by atoms with van der Waals surface area (Å²) in [6.45, 7) is 2.46. The Morgan fingerprint density at radius 2 is 2.38 bits per heavy atom. The lowest BCUT2D eigenvalue weighted by Gasteiger charge is -2.24. The molecule has 1 fully saturated rings. The number of rotatable bonds is 3. The van der Waals surface area contributed by atoms with Crippen molar-refractivity contribution in [1.29, 1.82) is 0 Å². The molecule has 1 aromatic carbocycles. The molecule has 2 aromatic rings. The summed E-state index contributed by atoms with van der Waals surface area (Å²) < 4.78 is 5.64. The number of hydrogen-bond donors (Lipinski definition) is 1. The van der Waals surface area contributed by atoms with Crippen molar-refractivity contribution in [2.75, 3.05) is 6.54 Å². The molecule has 3 rings (SSSR count). The van der Waals surface area contributed by atoms with Gasteiger partial charge < -0.3 is 14.4 Å². The van der Waals surface area contributed by atoms with Gasteiger partial charge in [0.1, 0.15) is 0 Å². The molecule has 0 bridgehead atoms. The standard InChI is InChI=1S/C16H18ClNO3/c1-10(19)8-12-5-3-7-18(12)16(20)14-9-11-4-2-6-13(17)15(11)21-14/h2,4,6,9-10,12,19H,3,5,7-8H2,1H3. The highest BCUT2D eigenvalue weighted by Crippen LogP contribution is 2.29. The summed E-state index contributed by atoms with van der Waals surface area (Å²) in [5, 5.41) is 10.9. The number of fused-ring (bicyclic) bond motifs is 1. The Morgan fingerprint density at radius 1 is 1.57 bits per heavy atom. The van der Waals surface area contributed by atoms with Gasteiger partial charge in [-0.2, -0.15) is 0 Å². The molecule has 4 nitrogen and oxygen atoms in total. The summed E-state index contributed by atoms with van der Waals surface area (Å²) in [6.07, 6.45) is 2.09. The van der Waals surface area contributed by atoms with Gasteiger partial charge in [-0.05, 0) is 38.3 Å². The number of aliphatic hydroxyl groups is 1. The topological polar surface area (TPSA) is 53.7 Å². The zero-order valence-electron chi connectivity index (χ0n) is 11.9. The maximum atomic E-state index is 12.6. The lowest BCUT2D eigenvalue weighted by Crippen LogP contribution is -2.37. The number of benzene rings is 1. The molecule has 1 aliphatic heterocycles. The molecule has 5 heteroatoms. The minimum absolute atomic E-state index is 0.0844. The quantitative estimate of drug-likeness (QED) is 0.944. The van der Waals surface area contributed by atoms with E-state index in [2.05, 4.69) is 0 Å². The van der Waals surface area contributed by atoms with Crippen molar-refractivity contribution < 1.29 is 14.3 Å². The van der Waals surface area contributed by atoms with E-state index in [0.29, 0.717) is 29.3 Å². The van der Waals surface area contributed by atoms with E-state index in [-0.39, 0.29) is 11.9 Å². The third-order valence-corrected chi connectivity index (χ3v) is 4.26. The molecule has 112 valence electrons. The van der Waals surface area contributed by atoms with Gasteiger partial charge in [0.05, 0.1) is 11.1 Å². The summed E-state index contributed by atoms with van der Waals surface area (Å²) >= 11 is 6.08. The van der Waals surface area contributed by atoms with Crippen LogP contribution in [0.25, 0.3) is 11.0 Å². The van der Waals surface area contributed by atoms with Crippen molar-refractivity contribution in [3.63, 3.8) is 0 Å². The maximum Gasteiger partial charge on any atom is 0.289 e. The van der Waals surface area contributed by atoms with E-state index in [4.69, 9.17) is 16.0 Å². The predicted molar refractivity (Wildman–Crippen MR) is 81.6 cm³/mol. The second-order valence-electron chi connectivity index (χ2n) is 5.65. The Labute approximate surface area is 128 Å². The number of furan rings is 1. The van der Waals surface area contributed by atoms with Gasteiger partial charge in [0.15, 0.2) is 11.3 Å². The van der Waals surface area contributed by atoms with Crippen LogP contribution in [-0.2, 0) is 0 Å². The summed E-state index contributed by atoms with van der Waals surface area (Å²) in [5.74, 6) is 0.195. The van der Waals surface area contributed by atoms with Gasteiger partial charge in [0, 0.05) is 18.0 Å². The zero-order chi connectivity index (χ0) is 15.0. The first-order valence-electron chi connectivity index (χ1n) is 7.23. The second kappa shape index (κ2) is 5.70. The fourth-order valence-electron chi connectivity index (χ4n) is 3.02. The normalized spacial score (nSPS) is 20.1. The lowest BCUT2D eigenvalue weighted by molar-refractivity contribution is 0.0653. The number of aliphatic hydroxyl groups excluding tert-OH is 1. The highest BCUT2D eigenvalue weighted by Gasteiger charge is 2.31. The SMILES string of the molecule is CC(O)CC1CCCN1C(=O)c1cc2cccc(Cl)c2o1. The first kappa shape index (κ1) is 14.4. The zero-order valence-corrected chi connectivity index (χ0v) is 12.6. The van der Waals surface area contributed by atoms with E-state index >= 15 is 0 Å². The van der Waals surface area contributed by atoms with Crippen LogP contribution in [0.3, 0.4) is 0 Å². The number of carbonyl (C=O) groups excluding carboxylic acids is 1. The molecule has 21 heavy (non-hydrogen) atoms. The molecule has 0 saturated carbocycles. The van der Waals surface area contributed by atoms with E-state index < -0.39 is 6.10 Å². The van der Waals surface area contributed by atoms with Crippen molar-refractivity contribution >= 4 is 28.5 Å². The van der Waals surface area contributed by atoms with Gasteiger partial charge in [0.2, 0.25) is 0 Å². The number of hydrogen-bond acceptors (Lipinski definition) is 3. The van der Waals surface area contributed by atoms with E-state index in [1.54, 1.807) is 24.0 Å². The van der Waals surface area contributed by atoms with Gasteiger partial charge in [-0.3, -0.25) is 4.79 Å². The highest BCUT2D eigenvalue weighted by atomic mass is 35.5. The number of halogens is 1. The van der Waals surface area contributed by atoms with E-state index in [9.17, 15) is 9.90 Å². The molecule has 0 spiro atoms. The predicted octanol–water partition coefficient (Wildman–Crippen LogP) is 3.46. The van der Waals surface area contributed by atoms with Crippen LogP contribution in [0.1, 0.15) is 36.7 Å². The van der Waals surface area contributed by atoms with Crippen LogP contribution in [0.4, 0.5) is 0 Å². The number of likely N-dealkylation sites (tertiary alicyclic amines) is 1. The molecule has 1 aliphatic rings. The molecule has 1 saturated heterocycles. The Balaban J connectivity index is 1.87. The van der Waals surface area contributed by atoms with Crippen molar-refractivity contribution in [2.24, 2.45) is 0 Å². The molecule has 1 amide bonds. The highest BCUT2D eigenvalue weighted by molar-refractivity contribution is 6.34. The Hall–Kier alpha value is -1.52. The number of nitrogens with zero attached hydrogens (tertiary/aromatic N) is 1. The monoisotopic (exact) mass is 307 g/mol. The number of para-hydroxylation sites is 1. The summed E-state index contributed by atoms with van der Waals surface area (Å²) in [7, 11) is 0. The average Bonchev–Trinajstić information content (AvgIpc) is 3.04. The van der Waals surface area contributed by atoms with Gasteiger partial charge in [-0.15, -0.1) is 0 Å². The van der Waals surface area contributed by atoms with Crippen LogP contribution in [-0.4, -0.2) is 34.6 Å². The van der Waals surface area contributed by atoms with E-state index in [0.717, 1.165) is 18.2 Å². The molecule has 1 N–H and O–H groups in total. The average molecular weight is 308 g/mol. The third-order valence-electron chi connectivity index (χ3n) is 3.96. The summed E-state index contributed by atoms with van der Waals surface area (Å²) in [4.78, 5) is 14.4. The summed E-state index contributed by atoms with van der Waals surface area (Å²) in [6, 6.07) is 7.27.